The van der Waals surface area contributed by atoms with E-state index in [1.165, 1.54) is 12.1 Å². The Morgan fingerprint density at radius 1 is 1.53 bits per heavy atom. The van der Waals surface area contributed by atoms with Crippen LogP contribution in [0.1, 0.15) is 37.0 Å². The number of nitrogen functional groups attached to an aromatic ring is 1. The first-order chi connectivity index (χ1) is 8.95. The van der Waals surface area contributed by atoms with Crippen molar-refractivity contribution in [3.8, 4) is 0 Å². The Balaban J connectivity index is 2.76. The van der Waals surface area contributed by atoms with Crippen molar-refractivity contribution in [2.75, 3.05) is 12.3 Å². The number of carbonyl (C=O) groups excluding carboxylic acids is 1. The van der Waals surface area contributed by atoms with Crippen molar-refractivity contribution in [2.24, 2.45) is 5.92 Å². The monoisotopic (exact) mass is 266 g/mol. The molecule has 0 heterocycles. The Morgan fingerprint density at radius 3 is 2.79 bits per heavy atom. The van der Waals surface area contributed by atoms with Crippen LogP contribution in [-0.2, 0) is 4.74 Å². The van der Waals surface area contributed by atoms with Crippen LogP contribution in [0, 0.1) is 16.0 Å². The SMILES string of the molecule is CCCC(C)COC(=O)c1cc([N+](=O)[O-])ccc1N. The van der Waals surface area contributed by atoms with Gasteiger partial charge in [0.05, 0.1) is 17.1 Å². The van der Waals surface area contributed by atoms with Gasteiger partial charge in [-0.2, -0.15) is 0 Å². The number of ether oxygens (including phenoxy) is 1. The maximum atomic E-state index is 11.8. The second-order valence-electron chi connectivity index (χ2n) is 4.52. The zero-order chi connectivity index (χ0) is 14.4. The predicted molar refractivity (Wildman–Crippen MR) is 71.9 cm³/mol. The van der Waals surface area contributed by atoms with Crippen molar-refractivity contribution < 1.29 is 14.5 Å². The van der Waals surface area contributed by atoms with Gasteiger partial charge in [-0.3, -0.25) is 10.1 Å². The standard InChI is InChI=1S/C13H18N2O4/c1-3-4-9(2)8-19-13(16)11-7-10(15(17)18)5-6-12(11)14/h5-7,9H,3-4,8,14H2,1-2H3. The lowest BCUT2D eigenvalue weighted by Crippen LogP contribution is -2.13. The van der Waals surface area contributed by atoms with E-state index in [1.807, 2.05) is 6.92 Å². The lowest BCUT2D eigenvalue weighted by Gasteiger charge is -2.11. The second kappa shape index (κ2) is 6.72. The molecule has 0 bridgehead atoms. The lowest BCUT2D eigenvalue weighted by molar-refractivity contribution is -0.384. The van der Waals surface area contributed by atoms with Crippen molar-refractivity contribution >= 4 is 17.3 Å². The van der Waals surface area contributed by atoms with Crippen molar-refractivity contribution in [3.63, 3.8) is 0 Å². The highest BCUT2D eigenvalue weighted by Crippen LogP contribution is 2.20. The smallest absolute Gasteiger partial charge is 0.340 e. The van der Waals surface area contributed by atoms with Crippen molar-refractivity contribution in [1.82, 2.24) is 0 Å². The fourth-order valence-corrected chi connectivity index (χ4v) is 1.71. The summed E-state index contributed by atoms with van der Waals surface area (Å²) in [5.74, 6) is -0.363. The highest BCUT2D eigenvalue weighted by atomic mass is 16.6. The van der Waals surface area contributed by atoms with E-state index in [0.29, 0.717) is 0 Å². The summed E-state index contributed by atoms with van der Waals surface area (Å²) in [6.07, 6.45) is 1.97. The summed E-state index contributed by atoms with van der Waals surface area (Å²) in [6, 6.07) is 3.73. The van der Waals surface area contributed by atoms with Gasteiger partial charge in [0.15, 0.2) is 0 Å². The number of anilines is 1. The molecule has 0 fully saturated rings. The molecule has 0 aliphatic heterocycles. The van der Waals surface area contributed by atoms with Crippen LogP contribution in [0.25, 0.3) is 0 Å². The van der Waals surface area contributed by atoms with Gasteiger partial charge in [0.25, 0.3) is 5.69 Å². The first kappa shape index (κ1) is 14.9. The Labute approximate surface area is 111 Å². The zero-order valence-corrected chi connectivity index (χ0v) is 11.1. The molecule has 0 radical (unpaired) electrons. The fraction of sp³-hybridized carbons (Fsp3) is 0.462. The fourth-order valence-electron chi connectivity index (χ4n) is 1.71. The normalized spacial score (nSPS) is 11.9. The van der Waals surface area contributed by atoms with Crippen LogP contribution in [0.2, 0.25) is 0 Å². The highest BCUT2D eigenvalue weighted by molar-refractivity contribution is 5.95. The van der Waals surface area contributed by atoms with E-state index in [1.54, 1.807) is 0 Å². The van der Waals surface area contributed by atoms with E-state index in [9.17, 15) is 14.9 Å². The quantitative estimate of drug-likeness (QED) is 0.369. The van der Waals surface area contributed by atoms with Crippen molar-refractivity contribution in [1.29, 1.82) is 0 Å². The van der Waals surface area contributed by atoms with E-state index in [4.69, 9.17) is 10.5 Å². The molecule has 104 valence electrons. The molecule has 0 aliphatic carbocycles. The Bertz CT molecular complexity index is 474. The number of esters is 1. The molecular weight excluding hydrogens is 248 g/mol. The van der Waals surface area contributed by atoms with Gasteiger partial charge < -0.3 is 10.5 Å². The predicted octanol–water partition coefficient (Wildman–Crippen LogP) is 2.77. The average Bonchev–Trinajstić information content (AvgIpc) is 2.36. The van der Waals surface area contributed by atoms with Crippen molar-refractivity contribution in [2.45, 2.75) is 26.7 Å². The molecule has 6 heteroatoms. The van der Waals surface area contributed by atoms with Crippen LogP contribution in [-0.4, -0.2) is 17.5 Å². The molecule has 0 aromatic heterocycles. The molecule has 2 N–H and O–H groups in total. The molecular formula is C13H18N2O4. The minimum absolute atomic E-state index is 0.0397. The first-order valence-electron chi connectivity index (χ1n) is 6.16. The van der Waals surface area contributed by atoms with Gasteiger partial charge in [-0.15, -0.1) is 0 Å². The number of hydrogen-bond acceptors (Lipinski definition) is 5. The average molecular weight is 266 g/mol. The summed E-state index contributed by atoms with van der Waals surface area (Å²) in [6.45, 7) is 4.32. The van der Waals surface area contributed by atoms with Crippen molar-refractivity contribution in [3.05, 3.63) is 33.9 Å². The highest BCUT2D eigenvalue weighted by Gasteiger charge is 2.17. The largest absolute Gasteiger partial charge is 0.462 e. The van der Waals surface area contributed by atoms with Crippen LogP contribution < -0.4 is 5.73 Å². The number of carbonyl (C=O) groups is 1. The molecule has 1 aromatic carbocycles. The number of nitrogens with zero attached hydrogens (tertiary/aromatic N) is 1. The van der Waals surface area contributed by atoms with E-state index in [-0.39, 0.29) is 29.5 Å². The van der Waals surface area contributed by atoms with Crippen LogP contribution >= 0.6 is 0 Å². The molecule has 0 saturated heterocycles. The van der Waals surface area contributed by atoms with Gasteiger partial charge in [-0.05, 0) is 18.4 Å². The summed E-state index contributed by atoms with van der Waals surface area (Å²) >= 11 is 0. The van der Waals surface area contributed by atoms with E-state index < -0.39 is 10.9 Å². The third kappa shape index (κ3) is 4.24. The Hall–Kier alpha value is -2.11. The molecule has 0 amide bonds. The van der Waals surface area contributed by atoms with Crippen LogP contribution in [0.5, 0.6) is 0 Å². The van der Waals surface area contributed by atoms with E-state index >= 15 is 0 Å². The summed E-state index contributed by atoms with van der Waals surface area (Å²) in [4.78, 5) is 21.9. The number of rotatable bonds is 6. The maximum absolute atomic E-state index is 11.8. The van der Waals surface area contributed by atoms with Gasteiger partial charge in [0.1, 0.15) is 0 Å². The van der Waals surface area contributed by atoms with E-state index in [0.717, 1.165) is 18.9 Å². The van der Waals surface area contributed by atoms with Gasteiger partial charge >= 0.3 is 5.97 Å². The summed E-state index contributed by atoms with van der Waals surface area (Å²) in [5, 5.41) is 10.7. The molecule has 19 heavy (non-hydrogen) atoms. The zero-order valence-electron chi connectivity index (χ0n) is 11.1. The second-order valence-corrected chi connectivity index (χ2v) is 4.52. The first-order valence-corrected chi connectivity index (χ1v) is 6.16. The molecule has 0 aliphatic rings. The number of nitro benzene ring substituents is 1. The molecule has 1 unspecified atom stereocenters. The maximum Gasteiger partial charge on any atom is 0.340 e. The van der Waals surface area contributed by atoms with E-state index in [2.05, 4.69) is 6.92 Å². The molecule has 1 aromatic rings. The topological polar surface area (TPSA) is 95.5 Å². The molecule has 6 nitrogen and oxygen atoms in total. The van der Waals surface area contributed by atoms with Gasteiger partial charge in [-0.25, -0.2) is 4.79 Å². The molecule has 0 saturated carbocycles. The third-order valence-electron chi connectivity index (χ3n) is 2.75. The molecule has 0 spiro atoms. The molecule has 1 rings (SSSR count). The third-order valence-corrected chi connectivity index (χ3v) is 2.75. The number of hydrogen-bond donors (Lipinski definition) is 1. The molecule has 1 atom stereocenters. The van der Waals surface area contributed by atoms with Gasteiger partial charge in [0, 0.05) is 17.8 Å². The minimum Gasteiger partial charge on any atom is -0.462 e. The van der Waals surface area contributed by atoms with Crippen LogP contribution in [0.15, 0.2) is 18.2 Å². The number of nitro groups is 1. The van der Waals surface area contributed by atoms with Gasteiger partial charge in [-0.1, -0.05) is 20.3 Å². The van der Waals surface area contributed by atoms with Crippen LogP contribution in [0.4, 0.5) is 11.4 Å². The minimum atomic E-state index is -0.621. The van der Waals surface area contributed by atoms with Gasteiger partial charge in [0.2, 0.25) is 0 Å². The Morgan fingerprint density at radius 2 is 2.21 bits per heavy atom. The number of benzene rings is 1. The summed E-state index contributed by atoms with van der Waals surface area (Å²) in [7, 11) is 0. The Kier molecular flexibility index (Phi) is 5.29. The summed E-state index contributed by atoms with van der Waals surface area (Å²) < 4.78 is 5.12. The number of nitrogens with two attached hydrogens (primary N) is 1. The summed E-state index contributed by atoms with van der Waals surface area (Å²) in [5.41, 5.74) is 5.67. The lowest BCUT2D eigenvalue weighted by atomic mass is 10.1. The number of non-ortho nitro benzene ring substituents is 1. The van der Waals surface area contributed by atoms with Crippen LogP contribution in [0.3, 0.4) is 0 Å².